The maximum absolute atomic E-state index is 15.0. The van der Waals surface area contributed by atoms with Gasteiger partial charge in [-0.25, -0.2) is 0 Å². The lowest BCUT2D eigenvalue weighted by Crippen LogP contribution is -2.24. The van der Waals surface area contributed by atoms with E-state index in [0.717, 1.165) is 49.3 Å². The van der Waals surface area contributed by atoms with Gasteiger partial charge in [0.25, 0.3) is 0 Å². The fourth-order valence-corrected chi connectivity index (χ4v) is 9.85. The SMILES string of the molecule is Cc1ccc(C(=Cc2ccc(-c3ccc(/C=C(\c4ccccc4)c4ccc(P(=O)(c5ccccc5)c5ccccc5)cc4)cc3)cc2)c2ccc(C)cc2)cc1. The Morgan fingerprint density at radius 2 is 0.643 bits per heavy atom. The molecule has 0 heterocycles. The second-order valence-corrected chi connectivity index (χ2v) is 17.1. The molecule has 0 aromatic heterocycles. The zero-order valence-electron chi connectivity index (χ0n) is 31.7. The molecule has 56 heavy (non-hydrogen) atoms. The molecule has 0 amide bonds. The zero-order chi connectivity index (χ0) is 38.3. The Kier molecular flexibility index (Phi) is 10.7. The predicted octanol–water partition coefficient (Wildman–Crippen LogP) is 12.8. The number of aryl methyl sites for hydroxylation is 2. The van der Waals surface area contributed by atoms with Gasteiger partial charge in [0.15, 0.2) is 7.14 Å². The summed E-state index contributed by atoms with van der Waals surface area (Å²) in [7, 11) is -3.06. The van der Waals surface area contributed by atoms with E-state index in [4.69, 9.17) is 0 Å². The van der Waals surface area contributed by atoms with Crippen LogP contribution >= 0.6 is 7.14 Å². The van der Waals surface area contributed by atoms with Crippen LogP contribution in [0.5, 0.6) is 0 Å². The summed E-state index contributed by atoms with van der Waals surface area (Å²) in [4.78, 5) is 0. The third-order valence-electron chi connectivity index (χ3n) is 10.4. The molecule has 0 bridgehead atoms. The van der Waals surface area contributed by atoms with Gasteiger partial charge in [0.2, 0.25) is 0 Å². The molecule has 1 nitrogen and oxygen atoms in total. The second kappa shape index (κ2) is 16.5. The average molecular weight is 739 g/mol. The fourth-order valence-electron chi connectivity index (χ4n) is 7.20. The molecule has 0 saturated heterocycles. The van der Waals surface area contributed by atoms with Gasteiger partial charge < -0.3 is 4.57 Å². The van der Waals surface area contributed by atoms with Crippen LogP contribution < -0.4 is 15.9 Å². The minimum absolute atomic E-state index is 0.818. The molecule has 0 atom stereocenters. The van der Waals surface area contributed by atoms with Gasteiger partial charge in [-0.1, -0.05) is 223 Å². The minimum Gasteiger partial charge on any atom is -0.309 e. The van der Waals surface area contributed by atoms with E-state index in [2.05, 4.69) is 159 Å². The van der Waals surface area contributed by atoms with Crippen LogP contribution in [-0.4, -0.2) is 0 Å². The molecule has 0 spiro atoms. The smallest absolute Gasteiger partial charge is 0.171 e. The van der Waals surface area contributed by atoms with Crippen molar-refractivity contribution in [1.82, 2.24) is 0 Å². The molecule has 8 aromatic carbocycles. The lowest BCUT2D eigenvalue weighted by molar-refractivity contribution is 0.592. The Hall–Kier alpha value is -6.53. The van der Waals surface area contributed by atoms with E-state index in [-0.39, 0.29) is 0 Å². The summed E-state index contributed by atoms with van der Waals surface area (Å²) in [6.07, 6.45) is 4.53. The molecule has 0 unspecified atom stereocenters. The maximum Gasteiger partial charge on any atom is 0.171 e. The molecule has 0 fully saturated rings. The van der Waals surface area contributed by atoms with E-state index < -0.39 is 7.14 Å². The Balaban J connectivity index is 1.08. The summed E-state index contributed by atoms with van der Waals surface area (Å²) in [6, 6.07) is 73.6. The Morgan fingerprint density at radius 3 is 1.02 bits per heavy atom. The van der Waals surface area contributed by atoms with Crippen molar-refractivity contribution in [3.05, 3.63) is 257 Å². The van der Waals surface area contributed by atoms with Gasteiger partial charge in [-0.15, -0.1) is 0 Å². The van der Waals surface area contributed by atoms with Crippen molar-refractivity contribution in [3.8, 4) is 11.1 Å². The third-order valence-corrected chi connectivity index (χ3v) is 13.4. The van der Waals surface area contributed by atoms with Crippen LogP contribution in [0.15, 0.2) is 212 Å². The summed E-state index contributed by atoms with van der Waals surface area (Å²) in [5.74, 6) is 0. The first-order valence-electron chi connectivity index (χ1n) is 19.1. The van der Waals surface area contributed by atoms with Crippen molar-refractivity contribution in [2.45, 2.75) is 13.8 Å². The zero-order valence-corrected chi connectivity index (χ0v) is 32.6. The molecule has 0 aliphatic carbocycles. The standard InChI is InChI=1S/C54H43OP/c1-40-18-26-47(27-19-40)54(48-28-20-41(2)21-29-48)39-43-24-32-45(33-25-43)44-30-22-42(23-31-44)38-53(46-12-6-3-7-13-46)49-34-36-52(37-35-49)56(55,50-14-8-4-9-15-50)51-16-10-5-11-17-51/h3-39H,1-2H3/b53-38+. The van der Waals surface area contributed by atoms with Crippen molar-refractivity contribution in [1.29, 1.82) is 0 Å². The first-order chi connectivity index (χ1) is 27.4. The van der Waals surface area contributed by atoms with Crippen molar-refractivity contribution in [2.75, 3.05) is 0 Å². The van der Waals surface area contributed by atoms with Crippen molar-refractivity contribution in [2.24, 2.45) is 0 Å². The van der Waals surface area contributed by atoms with Gasteiger partial charge in [0.1, 0.15) is 0 Å². The van der Waals surface area contributed by atoms with Gasteiger partial charge in [0.05, 0.1) is 0 Å². The largest absolute Gasteiger partial charge is 0.309 e. The third kappa shape index (κ3) is 7.96. The fraction of sp³-hybridized carbons (Fsp3) is 0.0370. The highest BCUT2D eigenvalue weighted by atomic mass is 31.2. The summed E-state index contributed by atoms with van der Waals surface area (Å²) in [5, 5.41) is 2.48. The maximum atomic E-state index is 15.0. The number of benzene rings is 8. The number of hydrogen-bond donors (Lipinski definition) is 0. The first-order valence-corrected chi connectivity index (χ1v) is 20.8. The summed E-state index contributed by atoms with van der Waals surface area (Å²) in [5.41, 5.74) is 14.0. The minimum atomic E-state index is -3.06. The molecule has 0 N–H and O–H groups in total. The molecule has 2 heteroatoms. The average Bonchev–Trinajstić information content (AvgIpc) is 3.27. The second-order valence-electron chi connectivity index (χ2n) is 14.3. The van der Waals surface area contributed by atoms with Gasteiger partial charge in [-0.3, -0.25) is 0 Å². The normalized spacial score (nSPS) is 11.6. The quantitative estimate of drug-likeness (QED) is 0.101. The van der Waals surface area contributed by atoms with Crippen molar-refractivity contribution in [3.63, 3.8) is 0 Å². The van der Waals surface area contributed by atoms with Crippen LogP contribution in [0.3, 0.4) is 0 Å². The van der Waals surface area contributed by atoms with E-state index in [1.165, 1.54) is 33.4 Å². The molecule has 270 valence electrons. The highest BCUT2D eigenvalue weighted by Gasteiger charge is 2.29. The van der Waals surface area contributed by atoms with Crippen molar-refractivity contribution >= 4 is 46.4 Å². The Morgan fingerprint density at radius 1 is 0.339 bits per heavy atom. The lowest BCUT2D eigenvalue weighted by atomic mass is 9.93. The summed E-state index contributed by atoms with van der Waals surface area (Å²) >= 11 is 0. The van der Waals surface area contributed by atoms with Crippen LogP contribution in [0.4, 0.5) is 0 Å². The van der Waals surface area contributed by atoms with E-state index >= 15 is 0 Å². The molecule has 0 radical (unpaired) electrons. The van der Waals surface area contributed by atoms with Crippen molar-refractivity contribution < 1.29 is 4.57 Å². The van der Waals surface area contributed by atoms with Crippen LogP contribution in [0.2, 0.25) is 0 Å². The van der Waals surface area contributed by atoms with Gasteiger partial charge in [0, 0.05) is 15.9 Å². The highest BCUT2D eigenvalue weighted by Crippen LogP contribution is 2.42. The number of hydrogen-bond acceptors (Lipinski definition) is 1. The monoisotopic (exact) mass is 738 g/mol. The summed E-state index contributed by atoms with van der Waals surface area (Å²) in [6.45, 7) is 4.25. The molecule has 8 aromatic rings. The molecule has 8 rings (SSSR count). The van der Waals surface area contributed by atoms with E-state index in [0.29, 0.717) is 0 Å². The Bertz CT molecular complexity index is 2550. The predicted molar refractivity (Wildman–Crippen MR) is 240 cm³/mol. The van der Waals surface area contributed by atoms with Gasteiger partial charge in [-0.2, -0.15) is 0 Å². The van der Waals surface area contributed by atoms with E-state index in [1.54, 1.807) is 0 Å². The van der Waals surface area contributed by atoms with E-state index in [9.17, 15) is 4.57 Å². The molecule has 0 saturated carbocycles. The lowest BCUT2D eigenvalue weighted by Gasteiger charge is -2.20. The topological polar surface area (TPSA) is 17.1 Å². The van der Waals surface area contributed by atoms with Crippen LogP contribution in [-0.2, 0) is 4.57 Å². The molecular formula is C54H43OP. The van der Waals surface area contributed by atoms with Crippen LogP contribution in [0, 0.1) is 13.8 Å². The number of rotatable bonds is 10. The first kappa shape index (κ1) is 36.4. The highest BCUT2D eigenvalue weighted by molar-refractivity contribution is 7.85. The van der Waals surface area contributed by atoms with Gasteiger partial charge >= 0.3 is 0 Å². The summed E-state index contributed by atoms with van der Waals surface area (Å²) < 4.78 is 15.0. The van der Waals surface area contributed by atoms with Crippen LogP contribution in [0.25, 0.3) is 34.4 Å². The van der Waals surface area contributed by atoms with Crippen LogP contribution in [0.1, 0.15) is 44.5 Å². The van der Waals surface area contributed by atoms with Gasteiger partial charge in [-0.05, 0) is 81.7 Å². The molecular weight excluding hydrogens is 696 g/mol. The van der Waals surface area contributed by atoms with E-state index in [1.807, 2.05) is 78.9 Å². The Labute approximate surface area is 331 Å². The molecule has 0 aliphatic rings. The molecule has 0 aliphatic heterocycles.